The summed E-state index contributed by atoms with van der Waals surface area (Å²) in [4.78, 5) is 0.234. The van der Waals surface area contributed by atoms with E-state index in [0.29, 0.717) is 18.7 Å². The molecule has 1 saturated heterocycles. The fraction of sp³-hybridized carbons (Fsp3) is 0.467. The summed E-state index contributed by atoms with van der Waals surface area (Å²) in [7, 11) is -1.94. The highest BCUT2D eigenvalue weighted by atomic mass is 32.2. The van der Waals surface area contributed by atoms with Crippen LogP contribution in [0.2, 0.25) is 0 Å². The maximum Gasteiger partial charge on any atom is 0.242 e. The van der Waals surface area contributed by atoms with Crippen LogP contribution < -0.4 is 0 Å². The third-order valence-electron chi connectivity index (χ3n) is 3.36. The highest BCUT2D eigenvalue weighted by Gasteiger charge is 2.25. The van der Waals surface area contributed by atoms with Crippen LogP contribution >= 0.6 is 0 Å². The van der Waals surface area contributed by atoms with E-state index < -0.39 is 10.0 Å². The molecule has 0 spiro atoms. The molecular formula is C15H19NO4S. The van der Waals surface area contributed by atoms with Crippen molar-refractivity contribution < 1.29 is 18.3 Å². The minimum Gasteiger partial charge on any atom is -0.384 e. The monoisotopic (exact) mass is 309 g/mol. The average Bonchev–Trinajstić information content (AvgIpc) is 2.98. The third kappa shape index (κ3) is 4.05. The van der Waals surface area contributed by atoms with Crippen molar-refractivity contribution in [1.29, 1.82) is 0 Å². The highest BCUT2D eigenvalue weighted by molar-refractivity contribution is 7.89. The smallest absolute Gasteiger partial charge is 0.242 e. The van der Waals surface area contributed by atoms with E-state index in [4.69, 9.17) is 9.84 Å². The van der Waals surface area contributed by atoms with E-state index in [0.717, 1.165) is 12.8 Å². The number of nitrogens with zero attached hydrogens (tertiary/aromatic N) is 1. The fourth-order valence-corrected chi connectivity index (χ4v) is 3.41. The van der Waals surface area contributed by atoms with Gasteiger partial charge in [-0.05, 0) is 37.1 Å². The molecule has 0 aromatic heterocycles. The van der Waals surface area contributed by atoms with Gasteiger partial charge >= 0.3 is 0 Å². The molecule has 1 heterocycles. The van der Waals surface area contributed by atoms with E-state index in [9.17, 15) is 8.42 Å². The van der Waals surface area contributed by atoms with Crippen molar-refractivity contribution in [3.05, 3.63) is 29.8 Å². The Bertz CT molecular complexity index is 622. The Hall–Kier alpha value is -1.39. The van der Waals surface area contributed by atoms with E-state index in [1.807, 2.05) is 0 Å². The summed E-state index contributed by atoms with van der Waals surface area (Å²) in [5, 5.41) is 8.63. The number of benzene rings is 1. The summed E-state index contributed by atoms with van der Waals surface area (Å²) in [6.45, 7) is 0.857. The second kappa shape index (κ2) is 7.05. The summed E-state index contributed by atoms with van der Waals surface area (Å²) in [5.74, 6) is 5.26. The van der Waals surface area contributed by atoms with Gasteiger partial charge in [-0.25, -0.2) is 8.42 Å². The van der Waals surface area contributed by atoms with Crippen LogP contribution in [-0.2, 0) is 14.8 Å². The van der Waals surface area contributed by atoms with Gasteiger partial charge in [-0.3, -0.25) is 0 Å². The van der Waals surface area contributed by atoms with Crippen molar-refractivity contribution in [3.63, 3.8) is 0 Å². The predicted octanol–water partition coefficient (Wildman–Crippen LogP) is 0.830. The summed E-state index contributed by atoms with van der Waals surface area (Å²) in [6.07, 6.45) is 1.87. The molecular weight excluding hydrogens is 290 g/mol. The minimum atomic E-state index is -3.51. The van der Waals surface area contributed by atoms with Crippen molar-refractivity contribution >= 4 is 10.0 Å². The van der Waals surface area contributed by atoms with E-state index in [1.54, 1.807) is 19.2 Å². The number of hydrogen-bond donors (Lipinski definition) is 1. The summed E-state index contributed by atoms with van der Waals surface area (Å²) >= 11 is 0. The van der Waals surface area contributed by atoms with E-state index in [1.165, 1.54) is 16.4 Å². The van der Waals surface area contributed by atoms with E-state index in [-0.39, 0.29) is 17.6 Å². The molecule has 1 unspecified atom stereocenters. The number of aliphatic hydroxyl groups excluding tert-OH is 1. The van der Waals surface area contributed by atoms with Gasteiger partial charge in [-0.1, -0.05) is 11.8 Å². The van der Waals surface area contributed by atoms with Crippen LogP contribution in [-0.4, -0.2) is 50.7 Å². The van der Waals surface area contributed by atoms with Crippen LogP contribution in [0.25, 0.3) is 0 Å². The van der Waals surface area contributed by atoms with Gasteiger partial charge in [0, 0.05) is 25.8 Å². The summed E-state index contributed by atoms with van der Waals surface area (Å²) in [6, 6.07) is 6.33. The molecule has 2 rings (SSSR count). The van der Waals surface area contributed by atoms with Crippen LogP contribution in [0.15, 0.2) is 29.2 Å². The largest absolute Gasteiger partial charge is 0.384 e. The Kier molecular flexibility index (Phi) is 5.37. The van der Waals surface area contributed by atoms with Gasteiger partial charge in [0.15, 0.2) is 0 Å². The standard InChI is InChI=1S/C15H19NO4S/c1-16(12-14-5-3-11-20-14)21(18,19)15-8-6-13(7-9-15)4-2-10-17/h6-9,14,17H,3,5,10-12H2,1H3. The zero-order valence-corrected chi connectivity index (χ0v) is 12.8. The Morgan fingerprint density at radius 1 is 1.38 bits per heavy atom. The minimum absolute atomic E-state index is 0.0144. The van der Waals surface area contributed by atoms with Gasteiger partial charge in [0.05, 0.1) is 11.0 Å². The first-order valence-electron chi connectivity index (χ1n) is 6.82. The first kappa shape index (κ1) is 16.0. The van der Waals surface area contributed by atoms with Crippen molar-refractivity contribution in [1.82, 2.24) is 4.31 Å². The quantitative estimate of drug-likeness (QED) is 0.837. The zero-order valence-electron chi connectivity index (χ0n) is 11.9. The molecule has 1 aliphatic heterocycles. The van der Waals surface area contributed by atoms with Crippen LogP contribution in [0, 0.1) is 11.8 Å². The molecule has 5 nitrogen and oxygen atoms in total. The van der Waals surface area contributed by atoms with Gasteiger partial charge < -0.3 is 9.84 Å². The molecule has 0 saturated carbocycles. The maximum atomic E-state index is 12.4. The Labute approximate surface area is 125 Å². The van der Waals surface area contributed by atoms with Crippen molar-refractivity contribution in [2.75, 3.05) is 26.8 Å². The number of ether oxygens (including phenoxy) is 1. The van der Waals surface area contributed by atoms with Crippen LogP contribution in [0.3, 0.4) is 0 Å². The third-order valence-corrected chi connectivity index (χ3v) is 5.20. The molecule has 1 aromatic carbocycles. The number of likely N-dealkylation sites (N-methyl/N-ethyl adjacent to an activating group) is 1. The van der Waals surface area contributed by atoms with Crippen molar-refractivity contribution in [2.45, 2.75) is 23.8 Å². The number of sulfonamides is 1. The molecule has 114 valence electrons. The topological polar surface area (TPSA) is 66.8 Å². The Balaban J connectivity index is 2.10. The van der Waals surface area contributed by atoms with Gasteiger partial charge in [0.25, 0.3) is 0 Å². The molecule has 0 bridgehead atoms. The van der Waals surface area contributed by atoms with Crippen LogP contribution in [0.4, 0.5) is 0 Å². The van der Waals surface area contributed by atoms with Crippen molar-refractivity contribution in [2.24, 2.45) is 0 Å². The van der Waals surface area contributed by atoms with Crippen molar-refractivity contribution in [3.8, 4) is 11.8 Å². The average molecular weight is 309 g/mol. The molecule has 1 N–H and O–H groups in total. The molecule has 1 atom stereocenters. The molecule has 1 aliphatic rings. The van der Waals surface area contributed by atoms with E-state index >= 15 is 0 Å². The molecule has 6 heteroatoms. The molecule has 0 aliphatic carbocycles. The Morgan fingerprint density at radius 3 is 2.67 bits per heavy atom. The van der Waals surface area contributed by atoms with Gasteiger partial charge in [0.1, 0.15) is 6.61 Å². The lowest BCUT2D eigenvalue weighted by Gasteiger charge is -2.20. The number of hydrogen-bond acceptors (Lipinski definition) is 4. The zero-order chi connectivity index (χ0) is 15.3. The summed E-state index contributed by atoms with van der Waals surface area (Å²) < 4.78 is 31.7. The second-order valence-electron chi connectivity index (χ2n) is 4.90. The maximum absolute atomic E-state index is 12.4. The lowest BCUT2D eigenvalue weighted by Crippen LogP contribution is -2.34. The molecule has 1 fully saturated rings. The van der Waals surface area contributed by atoms with Gasteiger partial charge in [-0.15, -0.1) is 0 Å². The molecule has 1 aromatic rings. The highest BCUT2D eigenvalue weighted by Crippen LogP contribution is 2.19. The Morgan fingerprint density at radius 2 is 2.10 bits per heavy atom. The van der Waals surface area contributed by atoms with Crippen LogP contribution in [0.5, 0.6) is 0 Å². The molecule has 0 amide bonds. The summed E-state index contributed by atoms with van der Waals surface area (Å²) in [5.41, 5.74) is 0.671. The predicted molar refractivity (Wildman–Crippen MR) is 79.2 cm³/mol. The number of aliphatic hydroxyl groups is 1. The lowest BCUT2D eigenvalue weighted by atomic mass is 10.2. The normalized spacial score (nSPS) is 18.5. The number of rotatable bonds is 4. The van der Waals surface area contributed by atoms with Gasteiger partial charge in [0.2, 0.25) is 10.0 Å². The molecule has 21 heavy (non-hydrogen) atoms. The SMILES string of the molecule is CN(CC1CCCO1)S(=O)(=O)c1ccc(C#CCO)cc1. The van der Waals surface area contributed by atoms with Crippen LogP contribution in [0.1, 0.15) is 18.4 Å². The fourth-order valence-electron chi connectivity index (χ4n) is 2.20. The first-order valence-corrected chi connectivity index (χ1v) is 8.26. The first-order chi connectivity index (χ1) is 10.0. The van der Waals surface area contributed by atoms with Gasteiger partial charge in [-0.2, -0.15) is 4.31 Å². The lowest BCUT2D eigenvalue weighted by molar-refractivity contribution is 0.0979. The van der Waals surface area contributed by atoms with E-state index in [2.05, 4.69) is 11.8 Å². The molecule has 0 radical (unpaired) electrons. The second-order valence-corrected chi connectivity index (χ2v) is 6.95.